The van der Waals surface area contributed by atoms with Crippen molar-refractivity contribution in [3.8, 4) is 17.2 Å². The Morgan fingerprint density at radius 2 is 1.21 bits per heavy atom. The Morgan fingerprint density at radius 1 is 0.681 bits per heavy atom. The molecule has 0 radical (unpaired) electrons. The molecule has 0 aromatic heterocycles. The molecule has 10 heteroatoms. The van der Waals surface area contributed by atoms with Gasteiger partial charge in [-0.05, 0) is 113 Å². The molecule has 2 aromatic carbocycles. The molecule has 2 aromatic rings. The lowest BCUT2D eigenvalue weighted by Gasteiger charge is -2.21. The van der Waals surface area contributed by atoms with E-state index in [0.717, 1.165) is 51.0 Å². The molecule has 254 valence electrons. The van der Waals surface area contributed by atoms with E-state index in [2.05, 4.69) is 13.2 Å². The van der Waals surface area contributed by atoms with Crippen LogP contribution in [0.3, 0.4) is 0 Å². The van der Waals surface area contributed by atoms with Gasteiger partial charge in [0.1, 0.15) is 23.4 Å². The molecule has 1 saturated carbocycles. The van der Waals surface area contributed by atoms with Crippen LogP contribution in [0.5, 0.6) is 17.2 Å². The third-order valence-corrected chi connectivity index (χ3v) is 7.38. The van der Waals surface area contributed by atoms with E-state index >= 15 is 0 Å². The van der Waals surface area contributed by atoms with E-state index in [-0.39, 0.29) is 24.7 Å². The highest BCUT2D eigenvalue weighted by atomic mass is 16.6. The fourth-order valence-electron chi connectivity index (χ4n) is 4.75. The van der Waals surface area contributed by atoms with Crippen molar-refractivity contribution in [3.05, 3.63) is 78.9 Å². The highest BCUT2D eigenvalue weighted by molar-refractivity contribution is 5.93. The molecule has 3 rings (SSSR count). The summed E-state index contributed by atoms with van der Waals surface area (Å²) in [5.41, 5.74) is 0.513. The first kappa shape index (κ1) is 36.9. The van der Waals surface area contributed by atoms with Crippen molar-refractivity contribution < 1.29 is 47.6 Å². The van der Waals surface area contributed by atoms with Crippen molar-refractivity contribution in [3.63, 3.8) is 0 Å². The zero-order chi connectivity index (χ0) is 33.7. The minimum Gasteiger partial charge on any atom is -0.494 e. The number of benzene rings is 2. The molecule has 47 heavy (non-hydrogen) atoms. The van der Waals surface area contributed by atoms with Gasteiger partial charge < -0.3 is 28.4 Å². The van der Waals surface area contributed by atoms with Crippen LogP contribution in [-0.2, 0) is 28.6 Å². The van der Waals surface area contributed by atoms with Gasteiger partial charge in [-0.1, -0.05) is 19.6 Å². The summed E-state index contributed by atoms with van der Waals surface area (Å²) in [5, 5.41) is 0. The van der Waals surface area contributed by atoms with Crippen LogP contribution in [0.1, 0.15) is 87.4 Å². The number of esters is 4. The highest BCUT2D eigenvalue weighted by Crippen LogP contribution is 2.22. The van der Waals surface area contributed by atoms with Gasteiger partial charge in [0.15, 0.2) is 0 Å². The Kier molecular flexibility index (Phi) is 16.7. The summed E-state index contributed by atoms with van der Waals surface area (Å²) in [6, 6.07) is 13.5. The molecular formula is C37H46O10. The van der Waals surface area contributed by atoms with Crippen molar-refractivity contribution >= 4 is 23.9 Å². The largest absolute Gasteiger partial charge is 0.494 e. The third-order valence-electron chi connectivity index (χ3n) is 7.38. The summed E-state index contributed by atoms with van der Waals surface area (Å²) in [5.74, 6) is -0.202. The first-order valence-electron chi connectivity index (χ1n) is 16.4. The van der Waals surface area contributed by atoms with Gasteiger partial charge in [-0.3, -0.25) is 4.79 Å². The number of ether oxygens (including phenoxy) is 6. The van der Waals surface area contributed by atoms with Crippen LogP contribution in [0.4, 0.5) is 0 Å². The monoisotopic (exact) mass is 650 g/mol. The van der Waals surface area contributed by atoms with E-state index < -0.39 is 23.9 Å². The number of carbonyl (C=O) groups is 4. The molecule has 10 nitrogen and oxygen atoms in total. The number of hydrogen-bond acceptors (Lipinski definition) is 10. The SMILES string of the molecule is C=CC(=O)OCCCCOc1ccc(C(=O)Oc2ccc(OCCCCCCOC(=O)C(=C)CC(=O)OC3CCCCC3)cc2)cc1. The minimum absolute atomic E-state index is 0.0438. The van der Waals surface area contributed by atoms with Crippen molar-refractivity contribution in [2.75, 3.05) is 26.4 Å². The van der Waals surface area contributed by atoms with Crippen LogP contribution in [0.15, 0.2) is 73.3 Å². The second-order valence-corrected chi connectivity index (χ2v) is 11.2. The van der Waals surface area contributed by atoms with E-state index in [9.17, 15) is 19.2 Å². The number of unbranched alkanes of at least 4 members (excludes halogenated alkanes) is 4. The zero-order valence-electron chi connectivity index (χ0n) is 27.1. The smallest absolute Gasteiger partial charge is 0.343 e. The Balaban J connectivity index is 1.21. The molecule has 0 N–H and O–H groups in total. The van der Waals surface area contributed by atoms with Gasteiger partial charge in [0.25, 0.3) is 0 Å². The van der Waals surface area contributed by atoms with Crippen LogP contribution in [0.2, 0.25) is 0 Å². The van der Waals surface area contributed by atoms with Gasteiger partial charge in [-0.25, -0.2) is 14.4 Å². The quantitative estimate of drug-likeness (QED) is 0.0454. The van der Waals surface area contributed by atoms with E-state index in [1.165, 1.54) is 6.42 Å². The Labute approximate surface area is 277 Å². The maximum atomic E-state index is 12.5. The van der Waals surface area contributed by atoms with Crippen molar-refractivity contribution in [1.29, 1.82) is 0 Å². The van der Waals surface area contributed by atoms with Crippen molar-refractivity contribution in [2.24, 2.45) is 0 Å². The van der Waals surface area contributed by atoms with Gasteiger partial charge in [-0.15, -0.1) is 0 Å². The molecule has 0 amide bonds. The van der Waals surface area contributed by atoms with Gasteiger partial charge in [0, 0.05) is 11.6 Å². The van der Waals surface area contributed by atoms with E-state index in [4.69, 9.17) is 28.4 Å². The second-order valence-electron chi connectivity index (χ2n) is 11.2. The Bertz CT molecular complexity index is 1290. The molecule has 1 fully saturated rings. The molecule has 0 heterocycles. The van der Waals surface area contributed by atoms with Gasteiger partial charge in [-0.2, -0.15) is 0 Å². The lowest BCUT2D eigenvalue weighted by atomic mass is 9.98. The zero-order valence-corrected chi connectivity index (χ0v) is 27.1. The van der Waals surface area contributed by atoms with Gasteiger partial charge in [0.05, 0.1) is 38.4 Å². The maximum absolute atomic E-state index is 12.5. The fourth-order valence-corrected chi connectivity index (χ4v) is 4.75. The van der Waals surface area contributed by atoms with E-state index in [1.54, 1.807) is 48.5 Å². The molecule has 0 saturated heterocycles. The van der Waals surface area contributed by atoms with E-state index in [1.807, 2.05) is 0 Å². The molecule has 0 atom stereocenters. The number of carbonyl (C=O) groups excluding carboxylic acids is 4. The van der Waals surface area contributed by atoms with Crippen LogP contribution < -0.4 is 14.2 Å². The molecule has 0 bridgehead atoms. The van der Waals surface area contributed by atoms with Crippen molar-refractivity contribution in [1.82, 2.24) is 0 Å². The molecular weight excluding hydrogens is 604 g/mol. The predicted molar refractivity (Wildman–Crippen MR) is 175 cm³/mol. The molecule has 0 spiro atoms. The van der Waals surface area contributed by atoms with Crippen molar-refractivity contribution in [2.45, 2.75) is 83.2 Å². The van der Waals surface area contributed by atoms with Gasteiger partial charge >= 0.3 is 23.9 Å². The van der Waals surface area contributed by atoms with Crippen LogP contribution in [0, 0.1) is 0 Å². The summed E-state index contributed by atoms with van der Waals surface area (Å²) in [4.78, 5) is 47.7. The topological polar surface area (TPSA) is 124 Å². The molecule has 0 aliphatic heterocycles. The lowest BCUT2D eigenvalue weighted by molar-refractivity contribution is -0.151. The minimum atomic E-state index is -0.555. The molecule has 1 aliphatic rings. The first-order chi connectivity index (χ1) is 22.8. The average Bonchev–Trinajstić information content (AvgIpc) is 3.08. The third kappa shape index (κ3) is 15.0. The summed E-state index contributed by atoms with van der Waals surface area (Å²) in [7, 11) is 0. The second kappa shape index (κ2) is 21.2. The summed E-state index contributed by atoms with van der Waals surface area (Å²) < 4.78 is 32.5. The summed E-state index contributed by atoms with van der Waals surface area (Å²) in [6.07, 6.45) is 10.7. The predicted octanol–water partition coefficient (Wildman–Crippen LogP) is 7.10. The summed E-state index contributed by atoms with van der Waals surface area (Å²) in [6.45, 7) is 8.59. The van der Waals surface area contributed by atoms with Gasteiger partial charge in [0.2, 0.25) is 0 Å². The van der Waals surface area contributed by atoms with Crippen LogP contribution in [-0.4, -0.2) is 56.4 Å². The summed E-state index contributed by atoms with van der Waals surface area (Å²) >= 11 is 0. The van der Waals surface area contributed by atoms with Crippen LogP contribution >= 0.6 is 0 Å². The number of hydrogen-bond donors (Lipinski definition) is 0. The lowest BCUT2D eigenvalue weighted by Crippen LogP contribution is -2.22. The standard InChI is InChI=1S/C37H46O10/c1-3-34(38)44-25-12-11-24-43-30-17-15-29(16-18-30)37(41)47-33-21-19-31(20-22-33)42-23-9-4-5-10-26-45-36(40)28(2)27-35(39)46-32-13-7-6-8-14-32/h3,15-22,32H,1-2,4-14,23-27H2. The first-order valence-corrected chi connectivity index (χ1v) is 16.4. The normalized spacial score (nSPS) is 12.8. The van der Waals surface area contributed by atoms with Crippen LogP contribution in [0.25, 0.3) is 0 Å². The number of rotatable bonds is 21. The fraction of sp³-hybridized carbons (Fsp3) is 0.459. The molecule has 1 aliphatic carbocycles. The Morgan fingerprint density at radius 3 is 1.85 bits per heavy atom. The van der Waals surface area contributed by atoms with E-state index in [0.29, 0.717) is 61.9 Å². The average molecular weight is 651 g/mol. The molecule has 0 unspecified atom stereocenters. The Hall–Kier alpha value is -4.60. The highest BCUT2D eigenvalue weighted by Gasteiger charge is 2.20. The maximum Gasteiger partial charge on any atom is 0.343 e.